The van der Waals surface area contributed by atoms with Crippen LogP contribution in [0, 0.1) is 6.92 Å². The van der Waals surface area contributed by atoms with Gasteiger partial charge >= 0.3 is 0 Å². The molecule has 0 saturated carbocycles. The average Bonchev–Trinajstić information content (AvgIpc) is 3.20. The monoisotopic (exact) mass is 374 g/mol. The third-order valence-electron chi connectivity index (χ3n) is 4.31. The minimum atomic E-state index is -0.217. The molecule has 7 nitrogen and oxygen atoms in total. The maximum absolute atomic E-state index is 12.7. The van der Waals surface area contributed by atoms with Gasteiger partial charge in [0.15, 0.2) is 0 Å². The van der Waals surface area contributed by atoms with Crippen LogP contribution in [0.25, 0.3) is 22.3 Å². The van der Waals surface area contributed by atoms with E-state index >= 15 is 0 Å². The zero-order valence-corrected chi connectivity index (χ0v) is 15.5. The lowest BCUT2D eigenvalue weighted by molar-refractivity contribution is 0.0948. The predicted molar refractivity (Wildman–Crippen MR) is 104 cm³/mol. The highest BCUT2D eigenvalue weighted by Gasteiger charge is 2.14. The first-order valence-corrected chi connectivity index (χ1v) is 8.75. The summed E-state index contributed by atoms with van der Waals surface area (Å²) >= 11 is 0. The van der Waals surface area contributed by atoms with Gasteiger partial charge in [-0.05, 0) is 43.3 Å². The number of carbonyl (C=O) groups is 1. The van der Waals surface area contributed by atoms with Gasteiger partial charge in [0.1, 0.15) is 5.75 Å². The molecule has 4 aromatic rings. The number of nitrogens with zero attached hydrogens (tertiary/aromatic N) is 3. The molecule has 0 spiro atoms. The number of para-hydroxylation sites is 1. The highest BCUT2D eigenvalue weighted by molar-refractivity contribution is 6.06. The fraction of sp³-hybridized carbons (Fsp3) is 0.143. The van der Waals surface area contributed by atoms with Gasteiger partial charge in [-0.1, -0.05) is 23.4 Å². The lowest BCUT2D eigenvalue weighted by Gasteiger charge is -2.07. The van der Waals surface area contributed by atoms with Gasteiger partial charge in [0, 0.05) is 16.6 Å². The Kier molecular flexibility index (Phi) is 4.72. The lowest BCUT2D eigenvalue weighted by atomic mass is 10.1. The molecular formula is C21H18N4O3. The molecular weight excluding hydrogens is 356 g/mol. The average molecular weight is 374 g/mol. The number of ether oxygens (including phenoxy) is 1. The zero-order chi connectivity index (χ0) is 19.5. The quantitative estimate of drug-likeness (QED) is 0.575. The van der Waals surface area contributed by atoms with Crippen LogP contribution < -0.4 is 10.1 Å². The molecule has 1 N–H and O–H groups in total. The van der Waals surface area contributed by atoms with E-state index in [4.69, 9.17) is 9.26 Å². The standard InChI is InChI=1S/C21H18N4O3/c1-13-11-17(16-5-3-4-6-18(16)23-13)21(26)22-12-19-24-20(25-28-19)14-7-9-15(27-2)10-8-14/h3-11H,12H2,1-2H3,(H,22,26). The largest absolute Gasteiger partial charge is 0.497 e. The summed E-state index contributed by atoms with van der Waals surface area (Å²) in [6, 6.07) is 16.7. The van der Waals surface area contributed by atoms with Crippen LogP contribution in [-0.2, 0) is 6.54 Å². The molecule has 0 radical (unpaired) electrons. The Bertz CT molecular complexity index is 1140. The molecule has 4 rings (SSSR count). The van der Waals surface area contributed by atoms with E-state index in [2.05, 4.69) is 20.4 Å². The minimum absolute atomic E-state index is 0.137. The smallest absolute Gasteiger partial charge is 0.252 e. The summed E-state index contributed by atoms with van der Waals surface area (Å²) < 4.78 is 10.4. The molecule has 0 bridgehead atoms. The Morgan fingerprint density at radius 1 is 1.11 bits per heavy atom. The van der Waals surface area contributed by atoms with Crippen molar-refractivity contribution in [2.75, 3.05) is 7.11 Å². The van der Waals surface area contributed by atoms with Crippen molar-refractivity contribution in [3.63, 3.8) is 0 Å². The van der Waals surface area contributed by atoms with Gasteiger partial charge in [-0.3, -0.25) is 9.78 Å². The Hall–Kier alpha value is -3.74. The van der Waals surface area contributed by atoms with Crippen molar-refractivity contribution in [3.8, 4) is 17.1 Å². The fourth-order valence-electron chi connectivity index (χ4n) is 2.93. The molecule has 0 atom stereocenters. The predicted octanol–water partition coefficient (Wildman–Crippen LogP) is 3.53. The van der Waals surface area contributed by atoms with Crippen LogP contribution in [-0.4, -0.2) is 28.1 Å². The molecule has 0 aliphatic rings. The number of aromatic nitrogens is 3. The van der Waals surface area contributed by atoms with Crippen molar-refractivity contribution in [1.29, 1.82) is 0 Å². The molecule has 0 aliphatic carbocycles. The highest BCUT2D eigenvalue weighted by atomic mass is 16.5. The van der Waals surface area contributed by atoms with Crippen LogP contribution in [0.15, 0.2) is 59.1 Å². The number of rotatable bonds is 5. The molecule has 2 aromatic carbocycles. The number of hydrogen-bond donors (Lipinski definition) is 1. The van der Waals surface area contributed by atoms with Crippen molar-refractivity contribution in [3.05, 3.63) is 71.7 Å². The Morgan fingerprint density at radius 2 is 1.89 bits per heavy atom. The third-order valence-corrected chi connectivity index (χ3v) is 4.31. The van der Waals surface area contributed by atoms with Crippen LogP contribution in [0.5, 0.6) is 5.75 Å². The van der Waals surface area contributed by atoms with E-state index in [0.717, 1.165) is 27.9 Å². The summed E-state index contributed by atoms with van der Waals surface area (Å²) in [7, 11) is 1.61. The van der Waals surface area contributed by atoms with Crippen molar-refractivity contribution in [2.45, 2.75) is 13.5 Å². The third kappa shape index (κ3) is 3.55. The van der Waals surface area contributed by atoms with Crippen LogP contribution in [0.4, 0.5) is 0 Å². The summed E-state index contributed by atoms with van der Waals surface area (Å²) in [5.74, 6) is 1.32. The molecule has 1 amide bonds. The Balaban J connectivity index is 1.49. The van der Waals surface area contributed by atoms with Crippen molar-refractivity contribution in [1.82, 2.24) is 20.4 Å². The molecule has 0 unspecified atom stereocenters. The first kappa shape index (κ1) is 17.7. The van der Waals surface area contributed by atoms with Gasteiger partial charge in [0.2, 0.25) is 11.7 Å². The van der Waals surface area contributed by atoms with E-state index < -0.39 is 0 Å². The summed E-state index contributed by atoms with van der Waals surface area (Å²) in [6.45, 7) is 2.00. The van der Waals surface area contributed by atoms with Gasteiger partial charge in [-0.2, -0.15) is 4.98 Å². The summed E-state index contributed by atoms with van der Waals surface area (Å²) in [5, 5.41) is 7.60. The van der Waals surface area contributed by atoms with Gasteiger partial charge in [0.25, 0.3) is 5.91 Å². The number of aryl methyl sites for hydroxylation is 1. The number of nitrogens with one attached hydrogen (secondary N) is 1. The number of benzene rings is 2. The maximum atomic E-state index is 12.7. The SMILES string of the molecule is COc1ccc(-c2noc(CNC(=O)c3cc(C)nc4ccccc34)n2)cc1. The second-order valence-corrected chi connectivity index (χ2v) is 6.25. The number of fused-ring (bicyclic) bond motifs is 1. The number of hydrogen-bond acceptors (Lipinski definition) is 6. The first-order valence-electron chi connectivity index (χ1n) is 8.75. The van der Waals surface area contributed by atoms with Crippen LogP contribution in [0.3, 0.4) is 0 Å². The van der Waals surface area contributed by atoms with E-state index in [1.54, 1.807) is 13.2 Å². The second-order valence-electron chi connectivity index (χ2n) is 6.25. The Labute approximate surface area is 161 Å². The number of pyridine rings is 1. The molecule has 0 fully saturated rings. The van der Waals surface area contributed by atoms with E-state index in [-0.39, 0.29) is 12.5 Å². The number of carbonyl (C=O) groups excluding carboxylic acids is 1. The molecule has 2 aromatic heterocycles. The molecule has 28 heavy (non-hydrogen) atoms. The number of methoxy groups -OCH3 is 1. The van der Waals surface area contributed by atoms with Crippen LogP contribution >= 0.6 is 0 Å². The van der Waals surface area contributed by atoms with Gasteiger partial charge < -0.3 is 14.6 Å². The van der Waals surface area contributed by atoms with E-state index in [9.17, 15) is 4.79 Å². The first-order chi connectivity index (χ1) is 13.6. The van der Waals surface area contributed by atoms with E-state index in [1.165, 1.54) is 0 Å². The van der Waals surface area contributed by atoms with Gasteiger partial charge in [-0.25, -0.2) is 0 Å². The molecule has 2 heterocycles. The normalized spacial score (nSPS) is 10.8. The van der Waals surface area contributed by atoms with Crippen LogP contribution in [0.2, 0.25) is 0 Å². The highest BCUT2D eigenvalue weighted by Crippen LogP contribution is 2.20. The minimum Gasteiger partial charge on any atom is -0.497 e. The lowest BCUT2D eigenvalue weighted by Crippen LogP contribution is -2.23. The van der Waals surface area contributed by atoms with E-state index in [1.807, 2.05) is 55.5 Å². The van der Waals surface area contributed by atoms with Crippen molar-refractivity contribution >= 4 is 16.8 Å². The Morgan fingerprint density at radius 3 is 2.68 bits per heavy atom. The molecule has 0 saturated heterocycles. The zero-order valence-electron chi connectivity index (χ0n) is 15.5. The van der Waals surface area contributed by atoms with E-state index in [0.29, 0.717) is 17.3 Å². The summed E-state index contributed by atoms with van der Waals surface area (Å²) in [5.41, 5.74) is 2.94. The topological polar surface area (TPSA) is 90.1 Å². The molecule has 7 heteroatoms. The fourth-order valence-corrected chi connectivity index (χ4v) is 2.93. The molecule has 140 valence electrons. The summed E-state index contributed by atoms with van der Waals surface area (Å²) in [4.78, 5) is 21.5. The summed E-state index contributed by atoms with van der Waals surface area (Å²) in [6.07, 6.45) is 0. The number of amides is 1. The second kappa shape index (κ2) is 7.48. The van der Waals surface area contributed by atoms with Crippen LogP contribution in [0.1, 0.15) is 21.9 Å². The van der Waals surface area contributed by atoms with Crippen molar-refractivity contribution < 1.29 is 14.1 Å². The molecule has 0 aliphatic heterocycles. The van der Waals surface area contributed by atoms with Gasteiger partial charge in [0.05, 0.1) is 24.7 Å². The van der Waals surface area contributed by atoms with Crippen molar-refractivity contribution in [2.24, 2.45) is 0 Å². The maximum Gasteiger partial charge on any atom is 0.252 e. The van der Waals surface area contributed by atoms with Gasteiger partial charge in [-0.15, -0.1) is 0 Å².